The second kappa shape index (κ2) is 6.14. The van der Waals surface area contributed by atoms with E-state index in [1.54, 1.807) is 11.8 Å². The van der Waals surface area contributed by atoms with Gasteiger partial charge < -0.3 is 10.6 Å². The van der Waals surface area contributed by atoms with E-state index in [1.165, 1.54) is 12.0 Å². The Morgan fingerprint density at radius 1 is 1.33 bits per heavy atom. The van der Waals surface area contributed by atoms with Gasteiger partial charge in [0, 0.05) is 23.7 Å². The molecule has 98 valence electrons. The average molecular weight is 264 g/mol. The highest BCUT2D eigenvalue weighted by Crippen LogP contribution is 2.26. The van der Waals surface area contributed by atoms with Crippen LogP contribution in [0.5, 0.6) is 0 Å². The number of amides is 1. The van der Waals surface area contributed by atoms with E-state index in [0.29, 0.717) is 5.75 Å². The van der Waals surface area contributed by atoms with Gasteiger partial charge in [0.1, 0.15) is 0 Å². The number of carbonyl (C=O) groups is 1. The third kappa shape index (κ3) is 3.42. The maximum Gasteiger partial charge on any atom is 0.232 e. The third-order valence-corrected chi connectivity index (χ3v) is 4.28. The first-order valence-electron chi connectivity index (χ1n) is 6.43. The standard InChI is InChI=1S/C14H20N2OS/c1-11-5-6-12(15)13(9-11)18-10-14(17)16-7-3-2-4-8-16/h5-6,9H,2-4,7-8,10,15H2,1H3. The molecule has 0 radical (unpaired) electrons. The first-order chi connectivity index (χ1) is 8.66. The van der Waals surface area contributed by atoms with Gasteiger partial charge in [-0.05, 0) is 43.9 Å². The number of piperidine rings is 1. The fourth-order valence-corrected chi connectivity index (χ4v) is 3.11. The Bertz CT molecular complexity index is 428. The molecule has 0 unspecified atom stereocenters. The molecule has 1 aliphatic rings. The van der Waals surface area contributed by atoms with Crippen molar-refractivity contribution in [2.75, 3.05) is 24.6 Å². The molecule has 1 heterocycles. The topological polar surface area (TPSA) is 46.3 Å². The van der Waals surface area contributed by atoms with Crippen LogP contribution in [0.2, 0.25) is 0 Å². The largest absolute Gasteiger partial charge is 0.398 e. The van der Waals surface area contributed by atoms with Crippen LogP contribution in [-0.4, -0.2) is 29.6 Å². The minimum Gasteiger partial charge on any atom is -0.398 e. The van der Waals surface area contributed by atoms with Gasteiger partial charge in [-0.1, -0.05) is 6.07 Å². The van der Waals surface area contributed by atoms with Crippen molar-refractivity contribution < 1.29 is 4.79 Å². The fraction of sp³-hybridized carbons (Fsp3) is 0.500. The number of hydrogen-bond donors (Lipinski definition) is 1. The van der Waals surface area contributed by atoms with Crippen molar-refractivity contribution >= 4 is 23.4 Å². The first-order valence-corrected chi connectivity index (χ1v) is 7.42. The van der Waals surface area contributed by atoms with Gasteiger partial charge in [0.25, 0.3) is 0 Å². The minimum absolute atomic E-state index is 0.237. The Hall–Kier alpha value is -1.16. The zero-order valence-electron chi connectivity index (χ0n) is 10.8. The third-order valence-electron chi connectivity index (χ3n) is 3.23. The number of likely N-dealkylation sites (tertiary alicyclic amines) is 1. The highest BCUT2D eigenvalue weighted by atomic mass is 32.2. The molecule has 4 heteroatoms. The van der Waals surface area contributed by atoms with Gasteiger partial charge in [-0.15, -0.1) is 11.8 Å². The quantitative estimate of drug-likeness (QED) is 0.674. The smallest absolute Gasteiger partial charge is 0.232 e. The Morgan fingerprint density at radius 3 is 2.78 bits per heavy atom. The van der Waals surface area contributed by atoms with Gasteiger partial charge in [-0.25, -0.2) is 0 Å². The molecular weight excluding hydrogens is 244 g/mol. The zero-order valence-corrected chi connectivity index (χ0v) is 11.6. The summed E-state index contributed by atoms with van der Waals surface area (Å²) in [5, 5.41) is 0. The Balaban J connectivity index is 1.90. The molecule has 1 aromatic rings. The van der Waals surface area contributed by atoms with Gasteiger partial charge in [0.05, 0.1) is 5.75 Å². The highest BCUT2D eigenvalue weighted by Gasteiger charge is 2.16. The normalized spacial score (nSPS) is 15.7. The summed E-state index contributed by atoms with van der Waals surface area (Å²) in [5.41, 5.74) is 7.85. The molecule has 3 nitrogen and oxygen atoms in total. The van der Waals surface area contributed by atoms with Gasteiger partial charge in [0.15, 0.2) is 0 Å². The maximum absolute atomic E-state index is 12.0. The number of carbonyl (C=O) groups excluding carboxylic acids is 1. The Morgan fingerprint density at radius 2 is 2.06 bits per heavy atom. The van der Waals surface area contributed by atoms with Crippen LogP contribution in [0.1, 0.15) is 24.8 Å². The number of nitrogens with two attached hydrogens (primary N) is 1. The number of rotatable bonds is 3. The first kappa shape index (κ1) is 13.3. The zero-order chi connectivity index (χ0) is 13.0. The van der Waals surface area contributed by atoms with E-state index in [0.717, 1.165) is 36.5 Å². The SMILES string of the molecule is Cc1ccc(N)c(SCC(=O)N2CCCCC2)c1. The summed E-state index contributed by atoms with van der Waals surface area (Å²) < 4.78 is 0. The van der Waals surface area contributed by atoms with Crippen LogP contribution in [0.25, 0.3) is 0 Å². The lowest BCUT2D eigenvalue weighted by Crippen LogP contribution is -2.36. The number of nitrogens with zero attached hydrogens (tertiary/aromatic N) is 1. The lowest BCUT2D eigenvalue weighted by Gasteiger charge is -2.26. The van der Waals surface area contributed by atoms with Gasteiger partial charge in [0.2, 0.25) is 5.91 Å². The van der Waals surface area contributed by atoms with Crippen LogP contribution >= 0.6 is 11.8 Å². The van der Waals surface area contributed by atoms with Crippen LogP contribution in [0.3, 0.4) is 0 Å². The van der Waals surface area contributed by atoms with E-state index in [4.69, 9.17) is 5.73 Å². The van der Waals surface area contributed by atoms with Gasteiger partial charge in [-0.3, -0.25) is 4.79 Å². The molecular formula is C14H20N2OS. The number of nitrogen functional groups attached to an aromatic ring is 1. The van der Waals surface area contributed by atoms with E-state index >= 15 is 0 Å². The molecule has 0 spiro atoms. The lowest BCUT2D eigenvalue weighted by molar-refractivity contribution is -0.129. The summed E-state index contributed by atoms with van der Waals surface area (Å²) in [7, 11) is 0. The number of thioether (sulfide) groups is 1. The van der Waals surface area contributed by atoms with Crippen LogP contribution in [0.15, 0.2) is 23.1 Å². The van der Waals surface area contributed by atoms with Crippen LogP contribution in [0.4, 0.5) is 5.69 Å². The Kier molecular flexibility index (Phi) is 4.53. The molecule has 0 aromatic heterocycles. The number of aryl methyl sites for hydroxylation is 1. The highest BCUT2D eigenvalue weighted by molar-refractivity contribution is 8.00. The maximum atomic E-state index is 12.0. The van der Waals surface area contributed by atoms with Crippen LogP contribution in [-0.2, 0) is 4.79 Å². The predicted octanol–water partition coefficient (Wildman–Crippen LogP) is 2.68. The molecule has 0 aliphatic carbocycles. The molecule has 0 bridgehead atoms. The minimum atomic E-state index is 0.237. The fourth-order valence-electron chi connectivity index (χ4n) is 2.14. The molecule has 2 N–H and O–H groups in total. The van der Waals surface area contributed by atoms with Crippen molar-refractivity contribution in [1.29, 1.82) is 0 Å². The molecule has 0 saturated carbocycles. The predicted molar refractivity (Wildman–Crippen MR) is 76.7 cm³/mol. The second-order valence-electron chi connectivity index (χ2n) is 4.77. The monoisotopic (exact) mass is 264 g/mol. The molecule has 1 saturated heterocycles. The molecule has 1 aromatic carbocycles. The van der Waals surface area contributed by atoms with Crippen molar-refractivity contribution in [3.63, 3.8) is 0 Å². The molecule has 1 amide bonds. The summed E-state index contributed by atoms with van der Waals surface area (Å²) >= 11 is 1.55. The van der Waals surface area contributed by atoms with E-state index in [-0.39, 0.29) is 5.91 Å². The van der Waals surface area contributed by atoms with Gasteiger partial charge in [-0.2, -0.15) is 0 Å². The van der Waals surface area contributed by atoms with Gasteiger partial charge >= 0.3 is 0 Å². The van der Waals surface area contributed by atoms with Crippen molar-refractivity contribution in [2.45, 2.75) is 31.1 Å². The molecule has 18 heavy (non-hydrogen) atoms. The van der Waals surface area contributed by atoms with Crippen molar-refractivity contribution in [1.82, 2.24) is 4.90 Å². The van der Waals surface area contributed by atoms with E-state index in [1.807, 2.05) is 30.0 Å². The summed E-state index contributed by atoms with van der Waals surface area (Å²) in [6.07, 6.45) is 3.54. The van der Waals surface area contributed by atoms with Crippen LogP contribution in [0, 0.1) is 6.92 Å². The van der Waals surface area contributed by atoms with E-state index < -0.39 is 0 Å². The van der Waals surface area contributed by atoms with Crippen molar-refractivity contribution in [3.05, 3.63) is 23.8 Å². The van der Waals surface area contributed by atoms with E-state index in [2.05, 4.69) is 0 Å². The van der Waals surface area contributed by atoms with Crippen molar-refractivity contribution in [2.24, 2.45) is 0 Å². The molecule has 0 atom stereocenters. The summed E-state index contributed by atoms with van der Waals surface area (Å²) in [6.45, 7) is 3.88. The van der Waals surface area contributed by atoms with Crippen molar-refractivity contribution in [3.8, 4) is 0 Å². The number of anilines is 1. The lowest BCUT2D eigenvalue weighted by atomic mass is 10.1. The number of hydrogen-bond acceptors (Lipinski definition) is 3. The molecule has 2 rings (SSSR count). The van der Waals surface area contributed by atoms with E-state index in [9.17, 15) is 4.79 Å². The number of benzene rings is 1. The molecule has 1 aliphatic heterocycles. The summed E-state index contributed by atoms with van der Waals surface area (Å²) in [5.74, 6) is 0.730. The van der Waals surface area contributed by atoms with Crippen LogP contribution < -0.4 is 5.73 Å². The summed E-state index contributed by atoms with van der Waals surface area (Å²) in [4.78, 5) is 15.0. The Labute approximate surface area is 113 Å². The summed E-state index contributed by atoms with van der Waals surface area (Å²) in [6, 6.07) is 5.94. The molecule has 1 fully saturated rings. The average Bonchev–Trinajstić information content (AvgIpc) is 2.40. The second-order valence-corrected chi connectivity index (χ2v) is 5.79.